The predicted molar refractivity (Wildman–Crippen MR) is 242 cm³/mol. The second-order valence-corrected chi connectivity index (χ2v) is 18.7. The minimum atomic E-state index is -1.51. The summed E-state index contributed by atoms with van der Waals surface area (Å²) in [6, 6.07) is -0.794. The molecule has 6 aliphatic rings. The van der Waals surface area contributed by atoms with Gasteiger partial charge in [-0.05, 0) is 37.5 Å². The molecule has 27 nitrogen and oxygen atoms in total. The number of anilines is 1. The number of carbonyl (C=O) groups is 1. The Bertz CT molecular complexity index is 2300. The Morgan fingerprint density at radius 2 is 1.39 bits per heavy atom. The van der Waals surface area contributed by atoms with Crippen LogP contribution in [0.3, 0.4) is 0 Å². The zero-order valence-electron chi connectivity index (χ0n) is 39.2. The molecule has 6 heterocycles. The fourth-order valence-corrected chi connectivity index (χ4v) is 9.57. The molecular formula is C43H65FN12O15Y-2. The summed E-state index contributed by atoms with van der Waals surface area (Å²) in [6.07, 6.45) is -11.0. The molecule has 3 aromatic rings. The third-order valence-electron chi connectivity index (χ3n) is 13.9. The van der Waals surface area contributed by atoms with Crippen molar-refractivity contribution < 1.29 is 106 Å². The number of benzene rings is 1. The van der Waals surface area contributed by atoms with Gasteiger partial charge in [0.05, 0.1) is 53.7 Å². The summed E-state index contributed by atoms with van der Waals surface area (Å²) in [4.78, 5) is 27.6. The normalized spacial score (nSPS) is 38.5. The number of aliphatic hydroxyl groups is 6. The standard InChI is InChI=1S/C23H45N6O12.C20H20FN6O3.Y/c1-5-18(39-21-10(28)15(33)13(31)8(3-24)37-21)17(35)23(36-5)41-20-12(30)6(26)2-7(27)19(20)40-22-11(29)16(34)14(32)9(4-25)38-22;21-16-9-15-17(27(14-1-2-14)11-19(20(15)29)30-13-28)10-18(16)25-7-5-24(6-8-25)12-26-4-3-22-23-26;/h5-23,30-35H,1-4,24-29H2;4,9-11,13-14H,1-2,5-8,12H2;/q2*-1;/t5-,6-,7?,8+,9?,10?,11?,12?,13-,14-,15?,16-,17?,18+,19-,20-,21-,22-,23+;;/m1../s1. The van der Waals surface area contributed by atoms with Gasteiger partial charge in [0, 0.05) is 90.1 Å². The molecule has 6 fully saturated rings. The summed E-state index contributed by atoms with van der Waals surface area (Å²) in [6.45, 7) is 7.19. The van der Waals surface area contributed by atoms with Crippen molar-refractivity contribution in [3.63, 3.8) is 0 Å². The third-order valence-corrected chi connectivity index (χ3v) is 13.9. The Labute approximate surface area is 437 Å². The van der Waals surface area contributed by atoms with Gasteiger partial charge in [-0.1, -0.05) is 0 Å². The number of aromatic nitrogens is 4. The molecule has 19 atom stereocenters. The molecule has 4 saturated heterocycles. The SMILES string of the molecule is O=COc1cn(C2CC2)c2cc(N3CCN(Cn4c[c-]nn4)CC3)c(F)cc2c1=O.[CH2-][C@H]1O[C@@H](O[C@@H]2C(O)[C@H](N)CC(N)[C@H]2O[C@H]2OC(CN)[C@@H](O)[C@H](O)C2N)C(O)[C@H]1O[C@H]1O[C@@H](CN)[C@@H](O)C(O)C1N.[Y]. The number of pyridine rings is 1. The van der Waals surface area contributed by atoms with Crippen LogP contribution in [0.25, 0.3) is 10.9 Å². The third kappa shape index (κ3) is 12.0. The monoisotopic (exact) mass is 1100 g/mol. The number of nitrogens with two attached hydrogens (primary N) is 6. The van der Waals surface area contributed by atoms with E-state index in [4.69, 9.17) is 67.6 Å². The molecule has 2 aromatic heterocycles. The first-order chi connectivity index (χ1) is 33.9. The number of fused-ring (bicyclic) bond motifs is 1. The van der Waals surface area contributed by atoms with Gasteiger partial charge < -0.3 is 126 Å². The fourth-order valence-electron chi connectivity index (χ4n) is 9.57. The van der Waals surface area contributed by atoms with Gasteiger partial charge in [0.25, 0.3) is 6.47 Å². The molecule has 2 aliphatic carbocycles. The quantitative estimate of drug-likeness (QED) is 0.0527. The second-order valence-electron chi connectivity index (χ2n) is 18.7. The topological polar surface area (TPSA) is 418 Å². The Kier molecular flexibility index (Phi) is 19.3. The smallest absolute Gasteiger partial charge is 0.298 e. The van der Waals surface area contributed by atoms with Crippen LogP contribution in [0.2, 0.25) is 0 Å². The van der Waals surface area contributed by atoms with E-state index in [0.29, 0.717) is 31.0 Å². The van der Waals surface area contributed by atoms with E-state index in [9.17, 15) is 40.2 Å². The number of ether oxygens (including phenoxy) is 7. The van der Waals surface area contributed by atoms with Crippen LogP contribution < -0.4 is 49.5 Å². The van der Waals surface area contributed by atoms with Crippen molar-refractivity contribution in [3.05, 3.63) is 53.7 Å². The number of nitrogens with zero attached hydrogens (tertiary/aromatic N) is 6. The predicted octanol–water partition coefficient (Wildman–Crippen LogP) is -6.87. The van der Waals surface area contributed by atoms with E-state index in [0.717, 1.165) is 25.9 Å². The summed E-state index contributed by atoms with van der Waals surface area (Å²) in [7, 11) is 0. The molecule has 1 aromatic carbocycles. The maximum Gasteiger partial charge on any atom is 0.298 e. The maximum absolute atomic E-state index is 15.0. The van der Waals surface area contributed by atoms with E-state index in [2.05, 4.69) is 28.3 Å². The van der Waals surface area contributed by atoms with E-state index >= 15 is 4.39 Å². The van der Waals surface area contributed by atoms with Crippen molar-refractivity contribution in [2.24, 2.45) is 34.4 Å². The molecule has 2 saturated carbocycles. The van der Waals surface area contributed by atoms with Gasteiger partial charge in [0.15, 0.2) is 24.6 Å². The summed E-state index contributed by atoms with van der Waals surface area (Å²) >= 11 is 0. The van der Waals surface area contributed by atoms with Gasteiger partial charge in [-0.15, -0.1) is 11.4 Å². The number of carbonyl (C=O) groups excluding carboxylic acids is 1. The van der Waals surface area contributed by atoms with Gasteiger partial charge in [-0.2, -0.15) is 0 Å². The van der Waals surface area contributed by atoms with Gasteiger partial charge in [0.2, 0.25) is 5.43 Å². The number of aliphatic hydroxyl groups excluding tert-OH is 6. The molecule has 0 bridgehead atoms. The summed E-state index contributed by atoms with van der Waals surface area (Å²) in [5, 5.41) is 70.7. The number of piperazine rings is 1. The van der Waals surface area contributed by atoms with Crippen LogP contribution >= 0.6 is 0 Å². The number of hydrogen-bond acceptors (Lipinski definition) is 25. The van der Waals surface area contributed by atoms with Crippen molar-refractivity contribution in [1.82, 2.24) is 24.5 Å². The van der Waals surface area contributed by atoms with Crippen LogP contribution in [0, 0.1) is 18.9 Å². The molecule has 399 valence electrons. The zero-order valence-corrected chi connectivity index (χ0v) is 42.0. The molecule has 29 heteroatoms. The fraction of sp³-hybridized carbons (Fsp3) is 0.698. The average Bonchev–Trinajstić information content (AvgIpc) is 4.01. The van der Waals surface area contributed by atoms with Crippen LogP contribution in [0.5, 0.6) is 5.75 Å². The first-order valence-electron chi connectivity index (χ1n) is 23.4. The maximum atomic E-state index is 15.0. The van der Waals surface area contributed by atoms with Crippen LogP contribution in [0.4, 0.5) is 10.1 Å². The van der Waals surface area contributed by atoms with E-state index in [1.165, 1.54) is 6.07 Å². The van der Waals surface area contributed by atoms with E-state index in [-0.39, 0.29) is 75.9 Å². The average molecular weight is 1100 g/mol. The molecular weight excluding hydrogens is 1030 g/mol. The van der Waals surface area contributed by atoms with Crippen molar-refractivity contribution in [1.29, 1.82) is 0 Å². The van der Waals surface area contributed by atoms with Crippen molar-refractivity contribution >= 4 is 23.1 Å². The molecule has 0 spiro atoms. The van der Waals surface area contributed by atoms with Gasteiger partial charge in [-0.3, -0.25) is 19.2 Å². The Morgan fingerprint density at radius 1 is 0.792 bits per heavy atom. The first kappa shape index (κ1) is 56.8. The van der Waals surface area contributed by atoms with E-state index in [1.54, 1.807) is 23.1 Å². The van der Waals surface area contributed by atoms with Gasteiger partial charge in [0.1, 0.15) is 60.8 Å². The summed E-state index contributed by atoms with van der Waals surface area (Å²) in [5.74, 6) is -0.528. The second kappa shape index (κ2) is 24.4. The number of rotatable bonds is 14. The summed E-state index contributed by atoms with van der Waals surface area (Å²) in [5.41, 5.74) is 36.3. The zero-order chi connectivity index (χ0) is 51.0. The number of halogens is 1. The molecule has 1 radical (unpaired) electrons. The molecule has 0 amide bonds. The van der Waals surface area contributed by atoms with E-state index in [1.807, 2.05) is 9.47 Å². The van der Waals surface area contributed by atoms with Crippen LogP contribution in [0.1, 0.15) is 25.3 Å². The largest absolute Gasteiger partial charge is 0.423 e. The molecule has 4 aliphatic heterocycles. The van der Waals surface area contributed by atoms with Crippen molar-refractivity contribution in [2.45, 2.75) is 148 Å². The minimum absolute atomic E-state index is 0. The van der Waals surface area contributed by atoms with Gasteiger partial charge in [-0.25, -0.2) is 4.39 Å². The van der Waals surface area contributed by atoms with Crippen LogP contribution in [0.15, 0.2) is 29.3 Å². The molecule has 72 heavy (non-hydrogen) atoms. The minimum Gasteiger partial charge on any atom is -0.423 e. The Hall–Kier alpha value is -2.89. The molecule has 9 rings (SSSR count). The van der Waals surface area contributed by atoms with E-state index < -0.39 is 128 Å². The number of hydrogen-bond donors (Lipinski definition) is 12. The van der Waals surface area contributed by atoms with Crippen LogP contribution in [-0.4, -0.2) is 217 Å². The Balaban J connectivity index is 0.000000217. The Morgan fingerprint density at radius 3 is 1.94 bits per heavy atom. The van der Waals surface area contributed by atoms with Crippen LogP contribution in [-0.2, 0) is 72.6 Å². The first-order valence-corrected chi connectivity index (χ1v) is 23.4. The van der Waals surface area contributed by atoms with Crippen molar-refractivity contribution in [3.8, 4) is 5.75 Å². The van der Waals surface area contributed by atoms with Gasteiger partial charge >= 0.3 is 0 Å². The molecule has 18 N–H and O–H groups in total. The summed E-state index contributed by atoms with van der Waals surface area (Å²) < 4.78 is 58.2. The molecule has 7 unspecified atom stereocenters. The van der Waals surface area contributed by atoms with Crippen molar-refractivity contribution in [2.75, 3.05) is 44.2 Å².